The van der Waals surface area contributed by atoms with Crippen molar-refractivity contribution in [2.24, 2.45) is 0 Å². The lowest BCUT2D eigenvalue weighted by Gasteiger charge is -2.08. The van der Waals surface area contributed by atoms with Crippen molar-refractivity contribution in [2.75, 3.05) is 6.79 Å². The fourth-order valence-corrected chi connectivity index (χ4v) is 3.73. The second kappa shape index (κ2) is 7.38. The molecular weight excluding hydrogens is 410 g/mol. The number of hydrogen-bond acceptors (Lipinski definition) is 5. The van der Waals surface area contributed by atoms with Gasteiger partial charge in [-0.2, -0.15) is 5.10 Å². The number of benzene rings is 2. The number of fused-ring (bicyclic) bond motifs is 2. The van der Waals surface area contributed by atoms with Gasteiger partial charge < -0.3 is 9.47 Å². The Balaban J connectivity index is 1.35. The number of halogens is 2. The monoisotopic (exact) mass is 426 g/mol. The van der Waals surface area contributed by atoms with E-state index in [1.807, 2.05) is 0 Å². The van der Waals surface area contributed by atoms with Crippen molar-refractivity contribution in [3.63, 3.8) is 0 Å². The molecule has 158 valence electrons. The number of nitrogens with zero attached hydrogens (tertiary/aromatic N) is 2. The van der Waals surface area contributed by atoms with Gasteiger partial charge in [0.05, 0.1) is 5.69 Å². The molecule has 2 aromatic carbocycles. The Kier molecular flexibility index (Phi) is 4.54. The molecule has 0 saturated carbocycles. The third-order valence-electron chi connectivity index (χ3n) is 5.22. The minimum atomic E-state index is -0.998. The highest BCUT2D eigenvalue weighted by Gasteiger charge is 2.27. The molecule has 3 aromatic rings. The van der Waals surface area contributed by atoms with E-state index >= 15 is 0 Å². The number of aromatic nitrogens is 2. The van der Waals surface area contributed by atoms with E-state index in [1.54, 1.807) is 12.1 Å². The maximum absolute atomic E-state index is 13.7. The van der Waals surface area contributed by atoms with Crippen molar-refractivity contribution in [3.05, 3.63) is 70.5 Å². The standard InChI is InChI=1S/C21H16F2N4O4/c22-14-6-5-12(9-15(14)23)27-16-3-1-2-13(16)19(26-27)21(29)25-24-20(28)11-4-7-17-18(8-11)31-10-30-17/h4-9H,1-3,10H2,(H,24,28)(H,25,29). The Bertz CT molecular complexity index is 1220. The molecular formula is C21H16F2N4O4. The lowest BCUT2D eigenvalue weighted by atomic mass is 10.2. The van der Waals surface area contributed by atoms with Crippen LogP contribution in [0.3, 0.4) is 0 Å². The van der Waals surface area contributed by atoms with E-state index in [0.29, 0.717) is 30.0 Å². The zero-order chi connectivity index (χ0) is 21.5. The lowest BCUT2D eigenvalue weighted by Crippen LogP contribution is -2.42. The number of carbonyl (C=O) groups excluding carboxylic acids is 2. The molecule has 2 N–H and O–H groups in total. The smallest absolute Gasteiger partial charge is 0.290 e. The average Bonchev–Trinajstić information content (AvgIpc) is 3.49. The first kappa shape index (κ1) is 19.0. The number of amides is 2. The van der Waals surface area contributed by atoms with Crippen LogP contribution in [0.5, 0.6) is 11.5 Å². The van der Waals surface area contributed by atoms with E-state index in [4.69, 9.17) is 9.47 Å². The summed E-state index contributed by atoms with van der Waals surface area (Å²) in [5, 5.41) is 4.30. The van der Waals surface area contributed by atoms with E-state index < -0.39 is 23.4 Å². The lowest BCUT2D eigenvalue weighted by molar-refractivity contribution is 0.0843. The van der Waals surface area contributed by atoms with Crippen LogP contribution in [0.25, 0.3) is 5.69 Å². The highest BCUT2D eigenvalue weighted by atomic mass is 19.2. The molecule has 5 rings (SSSR count). The van der Waals surface area contributed by atoms with Crippen molar-refractivity contribution in [2.45, 2.75) is 19.3 Å². The van der Waals surface area contributed by atoms with Gasteiger partial charge in [-0.15, -0.1) is 0 Å². The summed E-state index contributed by atoms with van der Waals surface area (Å²) in [6.45, 7) is 0.0862. The Labute approximate surface area is 174 Å². The van der Waals surface area contributed by atoms with Crippen LogP contribution >= 0.6 is 0 Å². The number of carbonyl (C=O) groups is 2. The van der Waals surface area contributed by atoms with Gasteiger partial charge in [0.1, 0.15) is 0 Å². The predicted molar refractivity (Wildman–Crippen MR) is 103 cm³/mol. The average molecular weight is 426 g/mol. The van der Waals surface area contributed by atoms with Gasteiger partial charge in [-0.05, 0) is 49.6 Å². The third-order valence-corrected chi connectivity index (χ3v) is 5.22. The molecule has 0 spiro atoms. The van der Waals surface area contributed by atoms with Crippen LogP contribution in [-0.2, 0) is 12.8 Å². The van der Waals surface area contributed by atoms with Gasteiger partial charge in [0.2, 0.25) is 6.79 Å². The largest absolute Gasteiger partial charge is 0.454 e. The van der Waals surface area contributed by atoms with Crippen LogP contribution in [0, 0.1) is 11.6 Å². The summed E-state index contributed by atoms with van der Waals surface area (Å²) in [6, 6.07) is 8.11. The summed E-state index contributed by atoms with van der Waals surface area (Å²) < 4.78 is 38.9. The van der Waals surface area contributed by atoms with Crippen molar-refractivity contribution in [3.8, 4) is 17.2 Å². The maximum atomic E-state index is 13.7. The topological polar surface area (TPSA) is 94.5 Å². The van der Waals surface area contributed by atoms with Crippen molar-refractivity contribution >= 4 is 11.8 Å². The number of nitrogens with one attached hydrogen (secondary N) is 2. The summed E-state index contributed by atoms with van der Waals surface area (Å²) in [6.07, 6.45) is 2.08. The molecule has 1 aliphatic carbocycles. The summed E-state index contributed by atoms with van der Waals surface area (Å²) >= 11 is 0. The van der Waals surface area contributed by atoms with Gasteiger partial charge >= 0.3 is 0 Å². The summed E-state index contributed by atoms with van der Waals surface area (Å²) in [4.78, 5) is 25.1. The number of hydrogen-bond donors (Lipinski definition) is 2. The summed E-state index contributed by atoms with van der Waals surface area (Å²) in [7, 11) is 0. The van der Waals surface area contributed by atoms with Gasteiger partial charge in [-0.1, -0.05) is 0 Å². The molecule has 0 fully saturated rings. The SMILES string of the molecule is O=C(NNC(=O)c1nn(-c2ccc(F)c(F)c2)c2c1CCC2)c1ccc2c(c1)OCO2. The molecule has 0 saturated heterocycles. The van der Waals surface area contributed by atoms with Crippen LogP contribution < -0.4 is 20.3 Å². The summed E-state index contributed by atoms with van der Waals surface area (Å²) in [5.74, 6) is -2.11. The molecule has 0 radical (unpaired) electrons. The van der Waals surface area contributed by atoms with E-state index in [0.717, 1.165) is 29.8 Å². The van der Waals surface area contributed by atoms with Crippen LogP contribution in [0.2, 0.25) is 0 Å². The third kappa shape index (κ3) is 3.35. The van der Waals surface area contributed by atoms with Gasteiger partial charge in [-0.25, -0.2) is 13.5 Å². The van der Waals surface area contributed by atoms with E-state index in [2.05, 4.69) is 16.0 Å². The molecule has 1 aromatic heterocycles. The molecule has 0 bridgehead atoms. The minimum absolute atomic E-state index is 0.0862. The van der Waals surface area contributed by atoms with Crippen molar-refractivity contribution < 1.29 is 27.8 Å². The molecule has 1 aliphatic heterocycles. The number of ether oxygens (including phenoxy) is 2. The fraction of sp³-hybridized carbons (Fsp3) is 0.190. The second-order valence-electron chi connectivity index (χ2n) is 7.11. The van der Waals surface area contributed by atoms with Gasteiger partial charge in [0, 0.05) is 22.9 Å². The van der Waals surface area contributed by atoms with Crippen LogP contribution in [0.4, 0.5) is 8.78 Å². The Hall–Kier alpha value is -3.95. The molecule has 0 atom stereocenters. The van der Waals surface area contributed by atoms with Crippen LogP contribution in [0.15, 0.2) is 36.4 Å². The van der Waals surface area contributed by atoms with E-state index in [9.17, 15) is 18.4 Å². The van der Waals surface area contributed by atoms with Gasteiger partial charge in [-0.3, -0.25) is 20.4 Å². The Morgan fingerprint density at radius 3 is 2.58 bits per heavy atom. The molecule has 2 heterocycles. The second-order valence-corrected chi connectivity index (χ2v) is 7.11. The van der Waals surface area contributed by atoms with Crippen LogP contribution in [-0.4, -0.2) is 28.4 Å². The van der Waals surface area contributed by atoms with E-state index in [1.165, 1.54) is 16.8 Å². The minimum Gasteiger partial charge on any atom is -0.454 e. The van der Waals surface area contributed by atoms with Crippen LogP contribution in [0.1, 0.15) is 38.5 Å². The highest BCUT2D eigenvalue weighted by molar-refractivity contribution is 5.99. The molecule has 2 amide bonds. The maximum Gasteiger partial charge on any atom is 0.290 e. The first-order valence-corrected chi connectivity index (χ1v) is 9.58. The van der Waals surface area contributed by atoms with Gasteiger partial charge in [0.25, 0.3) is 11.8 Å². The molecule has 8 nitrogen and oxygen atoms in total. The zero-order valence-electron chi connectivity index (χ0n) is 16.1. The fourth-order valence-electron chi connectivity index (χ4n) is 3.73. The zero-order valence-corrected chi connectivity index (χ0v) is 16.1. The van der Waals surface area contributed by atoms with Crippen molar-refractivity contribution in [1.29, 1.82) is 0 Å². The first-order chi connectivity index (χ1) is 15.0. The Morgan fingerprint density at radius 2 is 1.74 bits per heavy atom. The van der Waals surface area contributed by atoms with Gasteiger partial charge in [0.15, 0.2) is 28.8 Å². The molecule has 2 aliphatic rings. The number of hydrazine groups is 1. The Morgan fingerprint density at radius 1 is 0.935 bits per heavy atom. The predicted octanol–water partition coefficient (Wildman–Crippen LogP) is 2.44. The highest BCUT2D eigenvalue weighted by Crippen LogP contribution is 2.32. The molecule has 31 heavy (non-hydrogen) atoms. The quantitative estimate of drug-likeness (QED) is 0.628. The molecule has 10 heteroatoms. The number of rotatable bonds is 3. The van der Waals surface area contributed by atoms with Crippen molar-refractivity contribution in [1.82, 2.24) is 20.6 Å². The van der Waals surface area contributed by atoms with E-state index in [-0.39, 0.29) is 18.1 Å². The first-order valence-electron chi connectivity index (χ1n) is 9.58. The summed E-state index contributed by atoms with van der Waals surface area (Å²) in [5.41, 5.74) is 6.92. The molecule has 0 unspecified atom stereocenters. The normalized spacial score (nSPS) is 13.7.